The van der Waals surface area contributed by atoms with Crippen LogP contribution in [0.2, 0.25) is 0 Å². The van der Waals surface area contributed by atoms with E-state index in [1.165, 1.54) is 57.8 Å². The van der Waals surface area contributed by atoms with E-state index in [1.54, 1.807) is 0 Å². The Hall–Kier alpha value is -0.530. The van der Waals surface area contributed by atoms with Gasteiger partial charge in [0.05, 0.1) is 5.92 Å². The summed E-state index contributed by atoms with van der Waals surface area (Å²) in [5.74, 6) is 2.30. The van der Waals surface area contributed by atoms with E-state index in [9.17, 15) is 4.79 Å². The van der Waals surface area contributed by atoms with E-state index in [0.29, 0.717) is 11.8 Å². The topological polar surface area (TPSA) is 26.3 Å². The SMILES string of the molecule is CCC(C)C(=O)OC1(C2CCCCC2)CC2CCC1C2. The summed E-state index contributed by atoms with van der Waals surface area (Å²) in [4.78, 5) is 12.4. The lowest BCUT2D eigenvalue weighted by atomic mass is 9.69. The largest absolute Gasteiger partial charge is 0.458 e. The minimum absolute atomic E-state index is 0.0644. The third kappa shape index (κ3) is 2.40. The first-order chi connectivity index (χ1) is 9.65. The van der Waals surface area contributed by atoms with Crippen molar-refractivity contribution < 1.29 is 9.53 Å². The zero-order chi connectivity index (χ0) is 14.2. The van der Waals surface area contributed by atoms with Crippen molar-refractivity contribution in [3.63, 3.8) is 0 Å². The Balaban J connectivity index is 1.79. The monoisotopic (exact) mass is 278 g/mol. The molecule has 4 atom stereocenters. The maximum Gasteiger partial charge on any atom is 0.309 e. The highest BCUT2D eigenvalue weighted by Gasteiger charge is 2.57. The predicted molar refractivity (Wildman–Crippen MR) is 80.3 cm³/mol. The number of carbonyl (C=O) groups excluding carboxylic acids is 1. The lowest BCUT2D eigenvalue weighted by Gasteiger charge is -2.45. The summed E-state index contributed by atoms with van der Waals surface area (Å²) >= 11 is 0. The van der Waals surface area contributed by atoms with Crippen molar-refractivity contribution in [3.05, 3.63) is 0 Å². The van der Waals surface area contributed by atoms with Gasteiger partial charge in [-0.15, -0.1) is 0 Å². The van der Waals surface area contributed by atoms with Crippen LogP contribution in [-0.4, -0.2) is 11.6 Å². The molecule has 0 aromatic rings. The molecule has 0 aromatic carbocycles. The van der Waals surface area contributed by atoms with Gasteiger partial charge in [0.25, 0.3) is 0 Å². The molecule has 0 spiro atoms. The molecule has 3 aliphatic carbocycles. The molecule has 3 rings (SSSR count). The van der Waals surface area contributed by atoms with Crippen molar-refractivity contribution in [3.8, 4) is 0 Å². The van der Waals surface area contributed by atoms with E-state index >= 15 is 0 Å². The Morgan fingerprint density at radius 3 is 2.45 bits per heavy atom. The number of esters is 1. The Kier molecular flexibility index (Phi) is 4.10. The summed E-state index contributed by atoms with van der Waals surface area (Å²) in [6.07, 6.45) is 12.7. The lowest BCUT2D eigenvalue weighted by Crippen LogP contribution is -2.48. The highest BCUT2D eigenvalue weighted by Crippen LogP contribution is 2.58. The summed E-state index contributed by atoms with van der Waals surface area (Å²) in [6.45, 7) is 4.10. The van der Waals surface area contributed by atoms with Gasteiger partial charge in [-0.05, 0) is 62.7 Å². The fourth-order valence-corrected chi connectivity index (χ4v) is 5.08. The average Bonchev–Trinajstić information content (AvgIpc) is 3.08. The van der Waals surface area contributed by atoms with Gasteiger partial charge >= 0.3 is 5.97 Å². The quantitative estimate of drug-likeness (QED) is 0.696. The van der Waals surface area contributed by atoms with Crippen LogP contribution in [0.3, 0.4) is 0 Å². The van der Waals surface area contributed by atoms with Crippen molar-refractivity contribution in [1.29, 1.82) is 0 Å². The van der Waals surface area contributed by atoms with E-state index in [0.717, 1.165) is 12.3 Å². The lowest BCUT2D eigenvalue weighted by molar-refractivity contribution is -0.181. The van der Waals surface area contributed by atoms with Gasteiger partial charge in [0.15, 0.2) is 0 Å². The van der Waals surface area contributed by atoms with Crippen LogP contribution in [0, 0.1) is 23.7 Å². The molecule has 3 saturated carbocycles. The van der Waals surface area contributed by atoms with Crippen molar-refractivity contribution >= 4 is 5.97 Å². The first-order valence-corrected chi connectivity index (χ1v) is 8.88. The molecule has 0 radical (unpaired) electrons. The number of rotatable bonds is 4. The summed E-state index contributed by atoms with van der Waals surface area (Å²) in [6, 6.07) is 0. The molecule has 2 nitrogen and oxygen atoms in total. The Morgan fingerprint density at radius 1 is 1.15 bits per heavy atom. The normalized spacial score (nSPS) is 38.9. The molecule has 0 aliphatic heterocycles. The molecular weight excluding hydrogens is 248 g/mol. The van der Waals surface area contributed by atoms with Gasteiger partial charge in [-0.2, -0.15) is 0 Å². The standard InChI is InChI=1S/C18H30O2/c1-3-13(2)17(19)20-18(15-7-5-4-6-8-15)12-14-9-10-16(18)11-14/h13-16H,3-12H2,1-2H3. The minimum Gasteiger partial charge on any atom is -0.458 e. The van der Waals surface area contributed by atoms with E-state index in [2.05, 4.69) is 6.92 Å². The molecule has 0 heterocycles. The van der Waals surface area contributed by atoms with E-state index in [4.69, 9.17) is 4.74 Å². The Bertz CT molecular complexity index is 358. The minimum atomic E-state index is -0.0656. The molecule has 0 aromatic heterocycles. The van der Waals surface area contributed by atoms with Crippen LogP contribution in [0.15, 0.2) is 0 Å². The van der Waals surface area contributed by atoms with Crippen molar-refractivity contribution in [2.75, 3.05) is 0 Å². The van der Waals surface area contributed by atoms with Gasteiger partial charge in [-0.3, -0.25) is 4.79 Å². The number of hydrogen-bond donors (Lipinski definition) is 0. The Morgan fingerprint density at radius 2 is 1.90 bits per heavy atom. The Labute approximate surface area is 123 Å². The first kappa shape index (κ1) is 14.4. The van der Waals surface area contributed by atoms with Gasteiger partial charge in [-0.25, -0.2) is 0 Å². The van der Waals surface area contributed by atoms with Crippen molar-refractivity contribution in [2.45, 2.75) is 83.7 Å². The third-order valence-electron chi connectivity index (χ3n) is 6.44. The van der Waals surface area contributed by atoms with Gasteiger partial charge in [-0.1, -0.05) is 33.1 Å². The fourth-order valence-electron chi connectivity index (χ4n) is 5.08. The number of ether oxygens (including phenoxy) is 1. The molecule has 3 fully saturated rings. The molecular formula is C18H30O2. The van der Waals surface area contributed by atoms with E-state index in [1.807, 2.05) is 6.92 Å². The molecule has 3 aliphatic rings. The molecule has 114 valence electrons. The number of carbonyl (C=O) groups is 1. The maximum atomic E-state index is 12.4. The van der Waals surface area contributed by atoms with Crippen LogP contribution in [0.25, 0.3) is 0 Å². The third-order valence-corrected chi connectivity index (χ3v) is 6.44. The zero-order valence-corrected chi connectivity index (χ0v) is 13.2. The average molecular weight is 278 g/mol. The van der Waals surface area contributed by atoms with Crippen LogP contribution in [0.5, 0.6) is 0 Å². The van der Waals surface area contributed by atoms with Gasteiger partial charge in [0.1, 0.15) is 5.60 Å². The second kappa shape index (κ2) is 5.69. The van der Waals surface area contributed by atoms with Crippen molar-refractivity contribution in [2.24, 2.45) is 23.7 Å². The van der Waals surface area contributed by atoms with Crippen LogP contribution >= 0.6 is 0 Å². The highest BCUT2D eigenvalue weighted by molar-refractivity contribution is 5.72. The molecule has 4 unspecified atom stereocenters. The van der Waals surface area contributed by atoms with Crippen LogP contribution in [0.4, 0.5) is 0 Å². The molecule has 2 heteroatoms. The van der Waals surface area contributed by atoms with Gasteiger partial charge in [0, 0.05) is 0 Å². The van der Waals surface area contributed by atoms with Gasteiger partial charge in [0.2, 0.25) is 0 Å². The number of fused-ring (bicyclic) bond motifs is 2. The van der Waals surface area contributed by atoms with E-state index < -0.39 is 0 Å². The summed E-state index contributed by atoms with van der Waals surface area (Å²) in [5, 5.41) is 0. The predicted octanol–water partition coefficient (Wildman–Crippen LogP) is 4.71. The van der Waals surface area contributed by atoms with Crippen LogP contribution in [0.1, 0.15) is 78.1 Å². The van der Waals surface area contributed by atoms with Crippen molar-refractivity contribution in [1.82, 2.24) is 0 Å². The molecule has 20 heavy (non-hydrogen) atoms. The van der Waals surface area contributed by atoms with Crippen LogP contribution in [-0.2, 0) is 9.53 Å². The molecule has 0 saturated heterocycles. The fraction of sp³-hybridized carbons (Fsp3) is 0.944. The maximum absolute atomic E-state index is 12.4. The molecule has 2 bridgehead atoms. The summed E-state index contributed by atoms with van der Waals surface area (Å²) in [7, 11) is 0. The molecule has 0 amide bonds. The molecule has 0 N–H and O–H groups in total. The van der Waals surface area contributed by atoms with Gasteiger partial charge < -0.3 is 4.74 Å². The highest BCUT2D eigenvalue weighted by atomic mass is 16.6. The second-order valence-corrected chi connectivity index (χ2v) is 7.60. The number of hydrogen-bond acceptors (Lipinski definition) is 2. The van der Waals surface area contributed by atoms with Crippen LogP contribution < -0.4 is 0 Å². The zero-order valence-electron chi connectivity index (χ0n) is 13.2. The smallest absolute Gasteiger partial charge is 0.309 e. The first-order valence-electron chi connectivity index (χ1n) is 8.88. The summed E-state index contributed by atoms with van der Waals surface area (Å²) < 4.78 is 6.29. The second-order valence-electron chi connectivity index (χ2n) is 7.60. The van der Waals surface area contributed by atoms with E-state index in [-0.39, 0.29) is 17.5 Å². The summed E-state index contributed by atoms with van der Waals surface area (Å²) in [5.41, 5.74) is -0.0656.